The third-order valence-electron chi connectivity index (χ3n) is 4.39. The van der Waals surface area contributed by atoms with Gasteiger partial charge in [0.15, 0.2) is 0 Å². The molecule has 2 aliphatic heterocycles. The zero-order chi connectivity index (χ0) is 15.4. The molecule has 0 unspecified atom stereocenters. The second-order valence-corrected chi connectivity index (χ2v) is 7.14. The second kappa shape index (κ2) is 7.55. The van der Waals surface area contributed by atoms with E-state index in [1.54, 1.807) is 0 Å². The minimum Gasteiger partial charge on any atom is -0.374 e. The number of hydrogen-bond acceptors (Lipinski definition) is 5. The first-order valence-electron chi connectivity index (χ1n) is 8.06. The molecule has 0 bridgehead atoms. The zero-order valence-electron chi connectivity index (χ0n) is 13.2. The normalized spacial score (nSPS) is 22.6. The van der Waals surface area contributed by atoms with E-state index < -0.39 is 0 Å². The van der Waals surface area contributed by atoms with Gasteiger partial charge in [-0.1, -0.05) is 0 Å². The van der Waals surface area contributed by atoms with Crippen molar-refractivity contribution in [3.05, 3.63) is 21.9 Å². The molecule has 1 aromatic heterocycles. The molecular formula is C16H25N3O2S. The summed E-state index contributed by atoms with van der Waals surface area (Å²) in [5.74, 6) is 0.256. The number of hydrogen-bond donors (Lipinski definition) is 1. The van der Waals surface area contributed by atoms with E-state index in [-0.39, 0.29) is 12.0 Å². The van der Waals surface area contributed by atoms with Gasteiger partial charge in [0.05, 0.1) is 12.7 Å². The standard InChI is InChI=1S/C16H25N3O2S/c1-18-7-8-21-14(12-18)10-17-5-2-16(20)19-6-3-15-13(11-19)4-9-22-15/h4,9,14,17H,2-3,5-8,10-12H2,1H3/t14-/m0/s1. The highest BCUT2D eigenvalue weighted by atomic mass is 32.1. The highest BCUT2D eigenvalue weighted by molar-refractivity contribution is 7.10. The molecule has 122 valence electrons. The number of nitrogens with one attached hydrogen (secondary N) is 1. The molecule has 0 spiro atoms. The second-order valence-electron chi connectivity index (χ2n) is 6.14. The Morgan fingerprint density at radius 2 is 2.41 bits per heavy atom. The van der Waals surface area contributed by atoms with Crippen LogP contribution in [0.1, 0.15) is 16.9 Å². The van der Waals surface area contributed by atoms with Gasteiger partial charge in [-0.05, 0) is 30.5 Å². The van der Waals surface area contributed by atoms with Gasteiger partial charge in [0, 0.05) is 50.6 Å². The summed E-state index contributed by atoms with van der Waals surface area (Å²) < 4.78 is 5.70. The molecule has 0 aromatic carbocycles. The molecule has 1 saturated heterocycles. The van der Waals surface area contributed by atoms with E-state index in [1.165, 1.54) is 10.4 Å². The van der Waals surface area contributed by atoms with Gasteiger partial charge in [-0.2, -0.15) is 0 Å². The molecular weight excluding hydrogens is 298 g/mol. The van der Waals surface area contributed by atoms with Crippen molar-refractivity contribution in [3.8, 4) is 0 Å². The minimum absolute atomic E-state index is 0.247. The third kappa shape index (κ3) is 4.07. The van der Waals surface area contributed by atoms with Gasteiger partial charge in [0.25, 0.3) is 0 Å². The van der Waals surface area contributed by atoms with Gasteiger partial charge in [0.2, 0.25) is 5.91 Å². The van der Waals surface area contributed by atoms with Crippen LogP contribution in [0.4, 0.5) is 0 Å². The Hall–Kier alpha value is -0.950. The summed E-state index contributed by atoms with van der Waals surface area (Å²) in [6, 6.07) is 2.15. The fourth-order valence-corrected chi connectivity index (χ4v) is 3.96. The number of carbonyl (C=O) groups excluding carboxylic acids is 1. The first kappa shape index (κ1) is 15.9. The van der Waals surface area contributed by atoms with Crippen molar-refractivity contribution in [3.63, 3.8) is 0 Å². The average Bonchev–Trinajstić information content (AvgIpc) is 2.99. The Kier molecular flexibility index (Phi) is 5.46. The third-order valence-corrected chi connectivity index (χ3v) is 5.41. The lowest BCUT2D eigenvalue weighted by molar-refractivity contribution is -0.132. The first-order chi connectivity index (χ1) is 10.7. The van der Waals surface area contributed by atoms with E-state index in [4.69, 9.17) is 4.74 Å². The van der Waals surface area contributed by atoms with Crippen molar-refractivity contribution in [2.24, 2.45) is 0 Å². The molecule has 1 aromatic rings. The van der Waals surface area contributed by atoms with Gasteiger partial charge in [-0.25, -0.2) is 0 Å². The van der Waals surface area contributed by atoms with E-state index in [2.05, 4.69) is 28.7 Å². The van der Waals surface area contributed by atoms with Crippen LogP contribution < -0.4 is 5.32 Å². The zero-order valence-corrected chi connectivity index (χ0v) is 14.0. The van der Waals surface area contributed by atoms with Crippen LogP contribution in [0.5, 0.6) is 0 Å². The van der Waals surface area contributed by atoms with Crippen molar-refractivity contribution in [1.29, 1.82) is 0 Å². The highest BCUT2D eigenvalue weighted by Gasteiger charge is 2.21. The molecule has 1 N–H and O–H groups in total. The maximum absolute atomic E-state index is 12.3. The lowest BCUT2D eigenvalue weighted by Gasteiger charge is -2.30. The molecule has 1 amide bonds. The van der Waals surface area contributed by atoms with Gasteiger partial charge in [0.1, 0.15) is 0 Å². The molecule has 1 fully saturated rings. The summed E-state index contributed by atoms with van der Waals surface area (Å²) in [5.41, 5.74) is 1.33. The Balaban J connectivity index is 1.35. The Morgan fingerprint density at radius 1 is 1.50 bits per heavy atom. The number of thiophene rings is 1. The van der Waals surface area contributed by atoms with Crippen molar-refractivity contribution < 1.29 is 9.53 Å². The topological polar surface area (TPSA) is 44.8 Å². The lowest BCUT2D eigenvalue weighted by Crippen LogP contribution is -2.45. The van der Waals surface area contributed by atoms with Crippen molar-refractivity contribution in [1.82, 2.24) is 15.1 Å². The largest absolute Gasteiger partial charge is 0.374 e. The van der Waals surface area contributed by atoms with Crippen LogP contribution in [0.2, 0.25) is 0 Å². The Morgan fingerprint density at radius 3 is 3.27 bits per heavy atom. The predicted molar refractivity (Wildman–Crippen MR) is 88.2 cm³/mol. The molecule has 0 aliphatic carbocycles. The van der Waals surface area contributed by atoms with Crippen molar-refractivity contribution >= 4 is 17.2 Å². The lowest BCUT2D eigenvalue weighted by atomic mass is 10.1. The van der Waals surface area contributed by atoms with E-state index in [0.717, 1.165) is 52.3 Å². The van der Waals surface area contributed by atoms with Gasteiger partial charge >= 0.3 is 0 Å². The number of morpholine rings is 1. The van der Waals surface area contributed by atoms with Crippen LogP contribution in [0.3, 0.4) is 0 Å². The summed E-state index contributed by atoms with van der Waals surface area (Å²) in [6.07, 6.45) is 1.83. The first-order valence-corrected chi connectivity index (χ1v) is 8.94. The molecule has 3 rings (SSSR count). The van der Waals surface area contributed by atoms with Crippen LogP contribution in [0, 0.1) is 0 Å². The summed E-state index contributed by atoms with van der Waals surface area (Å²) in [7, 11) is 2.12. The molecule has 22 heavy (non-hydrogen) atoms. The maximum atomic E-state index is 12.3. The van der Waals surface area contributed by atoms with E-state index in [0.29, 0.717) is 6.42 Å². The van der Waals surface area contributed by atoms with E-state index in [1.807, 2.05) is 16.2 Å². The van der Waals surface area contributed by atoms with E-state index >= 15 is 0 Å². The van der Waals surface area contributed by atoms with Gasteiger partial charge in [-0.15, -0.1) is 11.3 Å². The number of ether oxygens (including phenoxy) is 1. The number of nitrogens with zero attached hydrogens (tertiary/aromatic N) is 2. The number of amides is 1. The van der Waals surface area contributed by atoms with Gasteiger partial charge < -0.3 is 19.9 Å². The van der Waals surface area contributed by atoms with Crippen LogP contribution in [0.15, 0.2) is 11.4 Å². The van der Waals surface area contributed by atoms with Crippen LogP contribution >= 0.6 is 11.3 Å². The summed E-state index contributed by atoms with van der Waals surface area (Å²) in [4.78, 5) is 18.0. The predicted octanol–water partition coefficient (Wildman–Crippen LogP) is 0.943. The maximum Gasteiger partial charge on any atom is 0.224 e. The molecule has 1 atom stereocenters. The van der Waals surface area contributed by atoms with Crippen molar-refractivity contribution in [2.45, 2.75) is 25.5 Å². The van der Waals surface area contributed by atoms with Crippen molar-refractivity contribution in [2.75, 3.05) is 46.4 Å². The number of carbonyl (C=O) groups is 1. The molecule has 0 saturated carbocycles. The van der Waals surface area contributed by atoms with Gasteiger partial charge in [-0.3, -0.25) is 4.79 Å². The number of rotatable bonds is 5. The molecule has 2 aliphatic rings. The van der Waals surface area contributed by atoms with Crippen LogP contribution in [0.25, 0.3) is 0 Å². The van der Waals surface area contributed by atoms with Crippen LogP contribution in [-0.2, 0) is 22.5 Å². The molecule has 0 radical (unpaired) electrons. The SMILES string of the molecule is CN1CCO[C@@H](CNCCC(=O)N2CCc3sccc3C2)C1. The summed E-state index contributed by atoms with van der Waals surface area (Å²) in [6.45, 7) is 5.99. The summed E-state index contributed by atoms with van der Waals surface area (Å²) >= 11 is 1.81. The smallest absolute Gasteiger partial charge is 0.224 e. The molecule has 3 heterocycles. The Bertz CT molecular complexity index is 505. The monoisotopic (exact) mass is 323 g/mol. The molecule has 6 heteroatoms. The highest BCUT2D eigenvalue weighted by Crippen LogP contribution is 2.24. The fourth-order valence-electron chi connectivity index (χ4n) is 3.07. The number of likely N-dealkylation sites (N-methyl/N-ethyl adjacent to an activating group) is 1. The minimum atomic E-state index is 0.247. The summed E-state index contributed by atoms with van der Waals surface area (Å²) in [5, 5.41) is 5.49. The van der Waals surface area contributed by atoms with E-state index in [9.17, 15) is 4.79 Å². The molecule has 5 nitrogen and oxygen atoms in total. The quantitative estimate of drug-likeness (QED) is 0.819. The number of fused-ring (bicyclic) bond motifs is 1. The average molecular weight is 323 g/mol. The Labute approximate surface area is 136 Å². The fraction of sp³-hybridized carbons (Fsp3) is 0.688. The van der Waals surface area contributed by atoms with Crippen LogP contribution in [-0.4, -0.2) is 68.2 Å².